The zero-order valence-corrected chi connectivity index (χ0v) is 10.5. The lowest BCUT2D eigenvalue weighted by atomic mass is 9.82. The smallest absolute Gasteiger partial charge is 0.129 e. The number of hydrogen-bond acceptors (Lipinski definition) is 2. The summed E-state index contributed by atoms with van der Waals surface area (Å²) >= 11 is 5.89. The van der Waals surface area contributed by atoms with Gasteiger partial charge in [-0.15, -0.1) is 0 Å². The lowest BCUT2D eigenvalue weighted by Gasteiger charge is -2.28. The van der Waals surface area contributed by atoms with Crippen molar-refractivity contribution in [2.75, 3.05) is 7.05 Å². The first kappa shape index (κ1) is 11.9. The Kier molecular flexibility index (Phi) is 4.19. The number of hydrogen-bond donors (Lipinski definition) is 1. The van der Waals surface area contributed by atoms with E-state index in [4.69, 9.17) is 11.6 Å². The van der Waals surface area contributed by atoms with Gasteiger partial charge in [0.2, 0.25) is 0 Å². The maximum Gasteiger partial charge on any atom is 0.129 e. The minimum atomic E-state index is 0.612. The number of nitrogens with one attached hydrogen (secondary N) is 1. The van der Waals surface area contributed by atoms with Crippen molar-refractivity contribution in [2.24, 2.45) is 5.92 Å². The Morgan fingerprint density at radius 2 is 2.12 bits per heavy atom. The van der Waals surface area contributed by atoms with Crippen LogP contribution in [0, 0.1) is 5.92 Å². The molecule has 0 saturated heterocycles. The second kappa shape index (κ2) is 5.65. The molecule has 1 aromatic heterocycles. The van der Waals surface area contributed by atoms with Crippen LogP contribution in [-0.2, 0) is 6.42 Å². The molecule has 0 aliphatic heterocycles. The second-order valence-corrected chi connectivity index (χ2v) is 5.08. The third kappa shape index (κ3) is 3.19. The first-order valence-electron chi connectivity index (χ1n) is 6.05. The van der Waals surface area contributed by atoms with Gasteiger partial charge >= 0.3 is 0 Å². The predicted octanol–water partition coefficient (Wildman–Crippen LogP) is 3.06. The second-order valence-electron chi connectivity index (χ2n) is 4.70. The van der Waals surface area contributed by atoms with Gasteiger partial charge in [-0.2, -0.15) is 0 Å². The number of nitrogens with zero attached hydrogens (tertiary/aromatic N) is 1. The van der Waals surface area contributed by atoms with Crippen LogP contribution in [0.4, 0.5) is 0 Å². The van der Waals surface area contributed by atoms with E-state index in [9.17, 15) is 0 Å². The van der Waals surface area contributed by atoms with E-state index in [2.05, 4.69) is 23.4 Å². The Labute approximate surface area is 102 Å². The van der Waals surface area contributed by atoms with Gasteiger partial charge in [-0.1, -0.05) is 11.6 Å². The average molecular weight is 239 g/mol. The molecule has 1 aliphatic rings. The maximum atomic E-state index is 5.89. The minimum Gasteiger partial charge on any atom is -0.317 e. The molecule has 1 fully saturated rings. The molecule has 1 aromatic rings. The summed E-state index contributed by atoms with van der Waals surface area (Å²) in [6, 6.07) is 4.80. The van der Waals surface area contributed by atoms with Gasteiger partial charge < -0.3 is 5.32 Å². The number of aromatic nitrogens is 1. The highest BCUT2D eigenvalue weighted by Crippen LogP contribution is 2.27. The molecule has 2 rings (SSSR count). The van der Waals surface area contributed by atoms with E-state index < -0.39 is 0 Å². The van der Waals surface area contributed by atoms with Crippen LogP contribution < -0.4 is 5.32 Å². The van der Waals surface area contributed by atoms with Gasteiger partial charge in [-0.25, -0.2) is 4.98 Å². The molecule has 0 bridgehead atoms. The average Bonchev–Trinajstić information content (AvgIpc) is 2.30. The third-order valence-electron chi connectivity index (χ3n) is 3.57. The fourth-order valence-electron chi connectivity index (χ4n) is 2.56. The van der Waals surface area contributed by atoms with Crippen LogP contribution in [0.3, 0.4) is 0 Å². The lowest BCUT2D eigenvalue weighted by molar-refractivity contribution is 0.300. The van der Waals surface area contributed by atoms with Crippen LogP contribution in [-0.4, -0.2) is 18.1 Å². The van der Waals surface area contributed by atoms with E-state index in [0.29, 0.717) is 5.15 Å². The van der Waals surface area contributed by atoms with Crippen LogP contribution in [0.1, 0.15) is 31.2 Å². The van der Waals surface area contributed by atoms with E-state index in [1.807, 2.05) is 6.07 Å². The van der Waals surface area contributed by atoms with E-state index in [-0.39, 0.29) is 0 Å². The van der Waals surface area contributed by atoms with E-state index in [1.165, 1.54) is 31.2 Å². The molecule has 16 heavy (non-hydrogen) atoms. The molecule has 3 heteroatoms. The van der Waals surface area contributed by atoms with Crippen LogP contribution in [0.2, 0.25) is 5.15 Å². The quantitative estimate of drug-likeness (QED) is 0.819. The molecular weight excluding hydrogens is 220 g/mol. The van der Waals surface area contributed by atoms with E-state index >= 15 is 0 Å². The molecule has 0 unspecified atom stereocenters. The van der Waals surface area contributed by atoms with Crippen LogP contribution in [0.25, 0.3) is 0 Å². The zero-order chi connectivity index (χ0) is 11.4. The Morgan fingerprint density at radius 3 is 2.75 bits per heavy atom. The van der Waals surface area contributed by atoms with Crippen molar-refractivity contribution >= 4 is 11.6 Å². The maximum absolute atomic E-state index is 5.89. The largest absolute Gasteiger partial charge is 0.317 e. The topological polar surface area (TPSA) is 24.9 Å². The lowest BCUT2D eigenvalue weighted by Crippen LogP contribution is -2.30. The molecule has 2 nitrogen and oxygen atoms in total. The molecule has 0 amide bonds. The highest BCUT2D eigenvalue weighted by atomic mass is 35.5. The summed E-state index contributed by atoms with van der Waals surface area (Å²) in [6.45, 7) is 0. The van der Waals surface area contributed by atoms with Gasteiger partial charge in [0, 0.05) is 12.2 Å². The molecule has 1 aliphatic carbocycles. The van der Waals surface area contributed by atoms with Crippen molar-refractivity contribution < 1.29 is 0 Å². The fourth-order valence-corrected chi connectivity index (χ4v) is 2.75. The van der Waals surface area contributed by atoms with Crippen molar-refractivity contribution in [3.05, 3.63) is 29.0 Å². The van der Waals surface area contributed by atoms with Crippen molar-refractivity contribution in [3.8, 4) is 0 Å². The number of halogens is 1. The van der Waals surface area contributed by atoms with Crippen LogP contribution >= 0.6 is 11.6 Å². The summed E-state index contributed by atoms with van der Waals surface area (Å²) < 4.78 is 0. The summed E-state index contributed by atoms with van der Waals surface area (Å²) in [5.74, 6) is 0.822. The van der Waals surface area contributed by atoms with E-state index in [1.54, 1.807) is 6.20 Å². The van der Waals surface area contributed by atoms with Crippen LogP contribution in [0.5, 0.6) is 0 Å². The molecule has 0 aromatic carbocycles. The summed E-state index contributed by atoms with van der Waals surface area (Å²) in [5.41, 5.74) is 1.33. The highest BCUT2D eigenvalue weighted by molar-refractivity contribution is 6.29. The molecule has 0 radical (unpaired) electrons. The third-order valence-corrected chi connectivity index (χ3v) is 3.78. The highest BCUT2D eigenvalue weighted by Gasteiger charge is 2.19. The molecule has 0 spiro atoms. The normalized spacial score (nSPS) is 25.6. The Hall–Kier alpha value is -0.600. The molecule has 1 saturated carbocycles. The summed E-state index contributed by atoms with van der Waals surface area (Å²) in [4.78, 5) is 4.01. The van der Waals surface area contributed by atoms with Gasteiger partial charge in [-0.05, 0) is 62.8 Å². The van der Waals surface area contributed by atoms with Crippen molar-refractivity contribution in [3.63, 3.8) is 0 Å². The van der Waals surface area contributed by atoms with Crippen molar-refractivity contribution in [1.82, 2.24) is 10.3 Å². The van der Waals surface area contributed by atoms with E-state index in [0.717, 1.165) is 18.4 Å². The van der Waals surface area contributed by atoms with Crippen molar-refractivity contribution in [2.45, 2.75) is 38.1 Å². The first-order valence-corrected chi connectivity index (χ1v) is 6.43. The SMILES string of the molecule is CNC1CCC(Cc2ccnc(Cl)c2)CC1. The summed E-state index contributed by atoms with van der Waals surface area (Å²) in [6.07, 6.45) is 8.21. The number of pyridine rings is 1. The number of rotatable bonds is 3. The fraction of sp³-hybridized carbons (Fsp3) is 0.615. The molecule has 88 valence electrons. The van der Waals surface area contributed by atoms with Gasteiger partial charge in [0.25, 0.3) is 0 Å². The van der Waals surface area contributed by atoms with Gasteiger partial charge in [-0.3, -0.25) is 0 Å². The first-order chi connectivity index (χ1) is 7.78. The minimum absolute atomic E-state index is 0.612. The Morgan fingerprint density at radius 1 is 1.38 bits per heavy atom. The summed E-state index contributed by atoms with van der Waals surface area (Å²) in [5, 5.41) is 3.98. The zero-order valence-electron chi connectivity index (χ0n) is 9.75. The molecule has 1 heterocycles. The Bertz CT molecular complexity index is 332. The summed E-state index contributed by atoms with van der Waals surface area (Å²) in [7, 11) is 2.06. The molecule has 1 N–H and O–H groups in total. The van der Waals surface area contributed by atoms with Gasteiger partial charge in [0.15, 0.2) is 0 Å². The predicted molar refractivity (Wildman–Crippen MR) is 67.8 cm³/mol. The molecular formula is C13H19ClN2. The van der Waals surface area contributed by atoms with Crippen LogP contribution in [0.15, 0.2) is 18.3 Å². The monoisotopic (exact) mass is 238 g/mol. The Balaban J connectivity index is 1.87. The van der Waals surface area contributed by atoms with Gasteiger partial charge in [0.05, 0.1) is 0 Å². The molecule has 0 atom stereocenters. The standard InChI is InChI=1S/C13H19ClN2/c1-15-12-4-2-10(3-5-12)8-11-6-7-16-13(14)9-11/h6-7,9-10,12,15H,2-5,8H2,1H3. The van der Waals surface area contributed by atoms with Crippen molar-refractivity contribution in [1.29, 1.82) is 0 Å². The van der Waals surface area contributed by atoms with Gasteiger partial charge in [0.1, 0.15) is 5.15 Å².